The molecule has 0 aliphatic rings. The van der Waals surface area contributed by atoms with E-state index >= 15 is 0 Å². The summed E-state index contributed by atoms with van der Waals surface area (Å²) in [6.45, 7) is 5.70. The van der Waals surface area contributed by atoms with Gasteiger partial charge in [0.1, 0.15) is 5.82 Å². The summed E-state index contributed by atoms with van der Waals surface area (Å²) in [6.07, 6.45) is 0. The normalized spacial score (nSPS) is 10.7. The van der Waals surface area contributed by atoms with Gasteiger partial charge in [0.25, 0.3) is 5.78 Å². The van der Waals surface area contributed by atoms with Gasteiger partial charge in [-0.2, -0.15) is 10.1 Å². The number of carbonyl (C=O) groups excluding carboxylic acids is 1. The highest BCUT2D eigenvalue weighted by atomic mass is 16.5. The molecule has 0 aromatic carbocycles. The van der Waals surface area contributed by atoms with Gasteiger partial charge in [0.05, 0.1) is 6.61 Å². The van der Waals surface area contributed by atoms with Gasteiger partial charge in [0.15, 0.2) is 5.69 Å². The van der Waals surface area contributed by atoms with Crippen molar-refractivity contribution >= 4 is 11.7 Å². The maximum absolute atomic E-state index is 11.5. The lowest BCUT2D eigenvalue weighted by Crippen LogP contribution is -2.10. The van der Waals surface area contributed by atoms with E-state index in [4.69, 9.17) is 4.74 Å². The summed E-state index contributed by atoms with van der Waals surface area (Å²) in [5, 5.41) is 4.15. The number of rotatable bonds is 2. The fraction of sp³-hybridized carbons (Fsp3) is 0.400. The monoisotopic (exact) mass is 220 g/mol. The van der Waals surface area contributed by atoms with Crippen LogP contribution in [0.25, 0.3) is 5.78 Å². The van der Waals surface area contributed by atoms with Crippen molar-refractivity contribution in [2.75, 3.05) is 6.61 Å². The second-order valence-corrected chi connectivity index (χ2v) is 3.37. The number of aryl methyl sites for hydroxylation is 2. The summed E-state index contributed by atoms with van der Waals surface area (Å²) in [6, 6.07) is 1.64. The summed E-state index contributed by atoms with van der Waals surface area (Å²) >= 11 is 0. The van der Waals surface area contributed by atoms with Gasteiger partial charge in [-0.25, -0.2) is 14.3 Å². The van der Waals surface area contributed by atoms with Crippen LogP contribution in [0, 0.1) is 13.8 Å². The topological polar surface area (TPSA) is 69.4 Å². The van der Waals surface area contributed by atoms with Crippen molar-refractivity contribution in [3.63, 3.8) is 0 Å². The summed E-state index contributed by atoms with van der Waals surface area (Å²) in [7, 11) is 0. The molecule has 0 N–H and O–H groups in total. The van der Waals surface area contributed by atoms with Crippen molar-refractivity contribution in [1.29, 1.82) is 0 Å². The van der Waals surface area contributed by atoms with Crippen LogP contribution in [-0.4, -0.2) is 32.2 Å². The Morgan fingerprint density at radius 1 is 1.44 bits per heavy atom. The first kappa shape index (κ1) is 10.5. The predicted molar refractivity (Wildman–Crippen MR) is 56.2 cm³/mol. The van der Waals surface area contributed by atoms with Crippen LogP contribution in [0.1, 0.15) is 28.9 Å². The Kier molecular flexibility index (Phi) is 2.55. The maximum atomic E-state index is 11.5. The van der Waals surface area contributed by atoms with Gasteiger partial charge in [-0.1, -0.05) is 0 Å². The molecule has 0 unspecified atom stereocenters. The van der Waals surface area contributed by atoms with Crippen LogP contribution in [-0.2, 0) is 4.74 Å². The number of aromatic nitrogens is 4. The molecular weight excluding hydrogens is 208 g/mol. The van der Waals surface area contributed by atoms with Gasteiger partial charge in [-0.3, -0.25) is 0 Å². The average Bonchev–Trinajstić information content (AvgIpc) is 2.59. The molecule has 2 heterocycles. The highest BCUT2D eigenvalue weighted by molar-refractivity contribution is 5.87. The SMILES string of the molecule is CCOC(=O)c1cc(C)n2nc(C)nc2n1. The molecule has 0 bridgehead atoms. The van der Waals surface area contributed by atoms with Crippen molar-refractivity contribution in [1.82, 2.24) is 19.6 Å². The second kappa shape index (κ2) is 3.88. The zero-order valence-corrected chi connectivity index (χ0v) is 9.39. The third-order valence-corrected chi connectivity index (χ3v) is 2.08. The number of esters is 1. The smallest absolute Gasteiger partial charge is 0.357 e. The third kappa shape index (κ3) is 1.73. The maximum Gasteiger partial charge on any atom is 0.357 e. The summed E-state index contributed by atoms with van der Waals surface area (Å²) < 4.78 is 6.48. The highest BCUT2D eigenvalue weighted by Gasteiger charge is 2.13. The van der Waals surface area contributed by atoms with E-state index in [2.05, 4.69) is 15.1 Å². The molecule has 84 valence electrons. The zero-order chi connectivity index (χ0) is 11.7. The van der Waals surface area contributed by atoms with Crippen LogP contribution in [0.5, 0.6) is 0 Å². The van der Waals surface area contributed by atoms with Crippen molar-refractivity contribution in [2.24, 2.45) is 0 Å². The average molecular weight is 220 g/mol. The minimum atomic E-state index is -0.436. The molecule has 0 aliphatic heterocycles. The number of ether oxygens (including phenoxy) is 1. The molecule has 0 saturated carbocycles. The Hall–Kier alpha value is -1.98. The molecule has 0 fully saturated rings. The first-order valence-electron chi connectivity index (χ1n) is 5.00. The number of hydrogen-bond acceptors (Lipinski definition) is 5. The van der Waals surface area contributed by atoms with E-state index in [0.717, 1.165) is 5.69 Å². The predicted octanol–water partition coefficient (Wildman–Crippen LogP) is 0.918. The minimum Gasteiger partial charge on any atom is -0.461 e. The van der Waals surface area contributed by atoms with Gasteiger partial charge in [-0.05, 0) is 26.8 Å². The van der Waals surface area contributed by atoms with Crippen molar-refractivity contribution in [3.05, 3.63) is 23.3 Å². The molecule has 0 amide bonds. The lowest BCUT2D eigenvalue weighted by molar-refractivity contribution is 0.0519. The second-order valence-electron chi connectivity index (χ2n) is 3.37. The summed E-state index contributed by atoms with van der Waals surface area (Å²) in [5.41, 5.74) is 1.06. The van der Waals surface area contributed by atoms with E-state index in [-0.39, 0.29) is 5.69 Å². The summed E-state index contributed by atoms with van der Waals surface area (Å²) in [5.74, 6) is 0.603. The van der Waals surface area contributed by atoms with Crippen LogP contribution in [0.15, 0.2) is 6.07 Å². The Morgan fingerprint density at radius 2 is 2.19 bits per heavy atom. The Bertz CT molecular complexity index is 547. The van der Waals surface area contributed by atoms with Crippen molar-refractivity contribution < 1.29 is 9.53 Å². The molecule has 0 saturated heterocycles. The number of fused-ring (bicyclic) bond motifs is 1. The van der Waals surface area contributed by atoms with Gasteiger partial charge < -0.3 is 4.74 Å². The van der Waals surface area contributed by atoms with Crippen LogP contribution in [0.3, 0.4) is 0 Å². The fourth-order valence-corrected chi connectivity index (χ4v) is 1.42. The van der Waals surface area contributed by atoms with Gasteiger partial charge in [-0.15, -0.1) is 0 Å². The lowest BCUT2D eigenvalue weighted by Gasteiger charge is -2.02. The van der Waals surface area contributed by atoms with Gasteiger partial charge in [0, 0.05) is 5.69 Å². The van der Waals surface area contributed by atoms with Crippen molar-refractivity contribution in [2.45, 2.75) is 20.8 Å². The largest absolute Gasteiger partial charge is 0.461 e. The lowest BCUT2D eigenvalue weighted by atomic mass is 10.3. The fourth-order valence-electron chi connectivity index (χ4n) is 1.42. The standard InChI is InChI=1S/C10H12N4O2/c1-4-16-9(15)8-5-6(2)14-10(12-8)11-7(3)13-14/h5H,4H2,1-3H3. The Balaban J connectivity index is 2.53. The highest BCUT2D eigenvalue weighted by Crippen LogP contribution is 2.06. The number of carbonyl (C=O) groups is 1. The van der Waals surface area contributed by atoms with E-state index in [9.17, 15) is 4.79 Å². The molecule has 0 atom stereocenters. The van der Waals surface area contributed by atoms with E-state index in [0.29, 0.717) is 18.2 Å². The first-order chi connectivity index (χ1) is 7.61. The van der Waals surface area contributed by atoms with Crippen LogP contribution in [0.4, 0.5) is 0 Å². The molecule has 0 radical (unpaired) electrons. The Morgan fingerprint density at radius 3 is 2.88 bits per heavy atom. The van der Waals surface area contributed by atoms with E-state index < -0.39 is 5.97 Å². The van der Waals surface area contributed by atoms with Crippen molar-refractivity contribution in [3.8, 4) is 0 Å². The molecule has 6 heteroatoms. The van der Waals surface area contributed by atoms with Gasteiger partial charge >= 0.3 is 5.97 Å². The molecule has 2 aromatic rings. The zero-order valence-electron chi connectivity index (χ0n) is 9.39. The number of hydrogen-bond donors (Lipinski definition) is 0. The third-order valence-electron chi connectivity index (χ3n) is 2.08. The van der Waals surface area contributed by atoms with E-state index in [1.807, 2.05) is 6.92 Å². The van der Waals surface area contributed by atoms with Crippen LogP contribution >= 0.6 is 0 Å². The first-order valence-corrected chi connectivity index (χ1v) is 5.00. The molecule has 16 heavy (non-hydrogen) atoms. The molecular formula is C10H12N4O2. The van der Waals surface area contributed by atoms with Crippen LogP contribution in [0.2, 0.25) is 0 Å². The molecule has 0 spiro atoms. The summed E-state index contributed by atoms with van der Waals surface area (Å²) in [4.78, 5) is 19.7. The van der Waals surface area contributed by atoms with E-state index in [1.165, 1.54) is 0 Å². The molecule has 6 nitrogen and oxygen atoms in total. The quantitative estimate of drug-likeness (QED) is 0.704. The van der Waals surface area contributed by atoms with Crippen LogP contribution < -0.4 is 0 Å². The molecule has 0 aliphatic carbocycles. The van der Waals surface area contributed by atoms with Gasteiger partial charge in [0.2, 0.25) is 0 Å². The van der Waals surface area contributed by atoms with E-state index in [1.54, 1.807) is 24.4 Å². The molecule has 2 aromatic heterocycles. The molecule has 2 rings (SSSR count). The Labute approximate surface area is 92.3 Å². The minimum absolute atomic E-state index is 0.263. The number of nitrogens with zero attached hydrogens (tertiary/aromatic N) is 4.